The summed E-state index contributed by atoms with van der Waals surface area (Å²) in [5.41, 5.74) is 10.1. The largest absolute Gasteiger partial charge is 0.456 e. The van der Waals surface area contributed by atoms with Crippen molar-refractivity contribution in [2.45, 2.75) is 0 Å². The van der Waals surface area contributed by atoms with E-state index in [1.807, 2.05) is 60.7 Å². The lowest BCUT2D eigenvalue weighted by Gasteiger charge is -2.11. The van der Waals surface area contributed by atoms with Gasteiger partial charge in [0.25, 0.3) is 0 Å². The number of rotatable bonds is 5. The highest BCUT2D eigenvalue weighted by Gasteiger charge is 2.17. The van der Waals surface area contributed by atoms with Crippen LogP contribution in [0.25, 0.3) is 78.1 Å². The average Bonchev–Trinajstić information content (AvgIpc) is 3.47. The Labute approximate surface area is 259 Å². The fourth-order valence-electron chi connectivity index (χ4n) is 5.77. The van der Waals surface area contributed by atoms with E-state index in [9.17, 15) is 0 Å². The molecule has 0 fully saturated rings. The van der Waals surface area contributed by atoms with Crippen LogP contribution in [0.5, 0.6) is 0 Å². The molecule has 0 radical (unpaired) electrons. The van der Waals surface area contributed by atoms with E-state index >= 15 is 0 Å². The molecule has 208 valence electrons. The summed E-state index contributed by atoms with van der Waals surface area (Å²) in [7, 11) is 0. The molecule has 0 atom stereocenters. The Hall–Kier alpha value is -5.58. The van der Waals surface area contributed by atoms with Gasteiger partial charge in [-0.15, -0.1) is 0 Å². The SMILES string of the molecule is Clc1nc(-c2ccccc2)nc(-c2cccc3oc4cc(-c5cc(-c6ccccc6)cc(-c6ccccc6)c5)ccc4c23)n1. The van der Waals surface area contributed by atoms with Crippen LogP contribution in [0.2, 0.25) is 5.28 Å². The smallest absolute Gasteiger partial charge is 0.226 e. The van der Waals surface area contributed by atoms with Gasteiger partial charge in [0, 0.05) is 21.9 Å². The highest BCUT2D eigenvalue weighted by Crippen LogP contribution is 2.39. The van der Waals surface area contributed by atoms with Gasteiger partial charge in [-0.1, -0.05) is 109 Å². The van der Waals surface area contributed by atoms with Crippen molar-refractivity contribution in [3.63, 3.8) is 0 Å². The summed E-state index contributed by atoms with van der Waals surface area (Å²) in [5.74, 6) is 1.03. The van der Waals surface area contributed by atoms with Crippen LogP contribution in [0, 0.1) is 0 Å². The van der Waals surface area contributed by atoms with Crippen molar-refractivity contribution in [3.05, 3.63) is 151 Å². The maximum absolute atomic E-state index is 6.45. The molecule has 0 aliphatic carbocycles. The minimum Gasteiger partial charge on any atom is -0.456 e. The molecule has 2 aromatic heterocycles. The van der Waals surface area contributed by atoms with E-state index in [1.54, 1.807) is 0 Å². The molecule has 0 aliphatic heterocycles. The lowest BCUT2D eigenvalue weighted by molar-refractivity contribution is 0.669. The number of hydrogen-bond acceptors (Lipinski definition) is 4. The van der Waals surface area contributed by atoms with Gasteiger partial charge in [0.2, 0.25) is 5.28 Å². The summed E-state index contributed by atoms with van der Waals surface area (Å²) in [6.45, 7) is 0. The zero-order chi connectivity index (χ0) is 29.5. The highest BCUT2D eigenvalue weighted by molar-refractivity contribution is 6.28. The van der Waals surface area contributed by atoms with Crippen LogP contribution in [-0.4, -0.2) is 15.0 Å². The monoisotopic (exact) mass is 585 g/mol. The fraction of sp³-hybridized carbons (Fsp3) is 0. The van der Waals surface area contributed by atoms with Gasteiger partial charge in [0.1, 0.15) is 11.2 Å². The Kier molecular flexibility index (Phi) is 6.47. The first kappa shape index (κ1) is 26.1. The third-order valence-corrected chi connectivity index (χ3v) is 8.03. The van der Waals surface area contributed by atoms with E-state index < -0.39 is 0 Å². The Morgan fingerprint density at radius 3 is 1.61 bits per heavy atom. The van der Waals surface area contributed by atoms with Crippen LogP contribution in [0.1, 0.15) is 0 Å². The molecule has 0 unspecified atom stereocenters. The van der Waals surface area contributed by atoms with Crippen LogP contribution < -0.4 is 0 Å². The number of nitrogens with zero attached hydrogens (tertiary/aromatic N) is 3. The van der Waals surface area contributed by atoms with Crippen LogP contribution in [0.15, 0.2) is 150 Å². The molecule has 2 heterocycles. The molecule has 5 heteroatoms. The van der Waals surface area contributed by atoms with Gasteiger partial charge in [-0.25, -0.2) is 4.98 Å². The van der Waals surface area contributed by atoms with Crippen molar-refractivity contribution in [1.82, 2.24) is 15.0 Å². The Balaban J connectivity index is 1.28. The van der Waals surface area contributed by atoms with Crippen molar-refractivity contribution >= 4 is 33.5 Å². The van der Waals surface area contributed by atoms with Crippen molar-refractivity contribution in [2.24, 2.45) is 0 Å². The first-order chi connectivity index (χ1) is 21.7. The molecule has 0 spiro atoms. The van der Waals surface area contributed by atoms with E-state index in [4.69, 9.17) is 21.0 Å². The van der Waals surface area contributed by atoms with Crippen molar-refractivity contribution < 1.29 is 4.42 Å². The molecule has 44 heavy (non-hydrogen) atoms. The molecule has 0 amide bonds. The van der Waals surface area contributed by atoms with Gasteiger partial charge in [-0.05, 0) is 81.4 Å². The Morgan fingerprint density at radius 2 is 0.977 bits per heavy atom. The molecule has 0 saturated carbocycles. The van der Waals surface area contributed by atoms with Crippen LogP contribution in [-0.2, 0) is 0 Å². The van der Waals surface area contributed by atoms with E-state index in [-0.39, 0.29) is 5.28 Å². The topological polar surface area (TPSA) is 51.8 Å². The van der Waals surface area contributed by atoms with Crippen LogP contribution in [0.4, 0.5) is 0 Å². The molecule has 0 N–H and O–H groups in total. The quantitative estimate of drug-likeness (QED) is 0.201. The van der Waals surface area contributed by atoms with Gasteiger partial charge in [-0.2, -0.15) is 9.97 Å². The van der Waals surface area contributed by atoms with Crippen LogP contribution in [0.3, 0.4) is 0 Å². The Morgan fingerprint density at radius 1 is 0.409 bits per heavy atom. The number of halogens is 1. The zero-order valence-corrected chi connectivity index (χ0v) is 24.2. The van der Waals surface area contributed by atoms with E-state index in [2.05, 4.69) is 94.9 Å². The third kappa shape index (κ3) is 4.81. The van der Waals surface area contributed by atoms with Gasteiger partial charge >= 0.3 is 0 Å². The minimum absolute atomic E-state index is 0.147. The number of benzene rings is 6. The summed E-state index contributed by atoms with van der Waals surface area (Å²) in [6.07, 6.45) is 0. The van der Waals surface area contributed by atoms with Gasteiger partial charge in [-0.3, -0.25) is 0 Å². The highest BCUT2D eigenvalue weighted by atomic mass is 35.5. The third-order valence-electron chi connectivity index (χ3n) is 7.86. The second-order valence-electron chi connectivity index (χ2n) is 10.6. The summed E-state index contributed by atoms with van der Waals surface area (Å²) in [5, 5.41) is 2.08. The van der Waals surface area contributed by atoms with Gasteiger partial charge in [0.05, 0.1) is 0 Å². The zero-order valence-electron chi connectivity index (χ0n) is 23.5. The molecular formula is C39H24ClN3O. The number of hydrogen-bond donors (Lipinski definition) is 0. The van der Waals surface area contributed by atoms with Gasteiger partial charge < -0.3 is 4.42 Å². The Bertz CT molecular complexity index is 2220. The maximum atomic E-state index is 6.45. The van der Waals surface area contributed by atoms with Crippen molar-refractivity contribution in [1.29, 1.82) is 0 Å². The number of furan rings is 1. The molecule has 4 nitrogen and oxygen atoms in total. The molecular weight excluding hydrogens is 562 g/mol. The van der Waals surface area contributed by atoms with E-state index in [0.29, 0.717) is 11.6 Å². The van der Waals surface area contributed by atoms with Crippen molar-refractivity contribution in [2.75, 3.05) is 0 Å². The normalized spacial score (nSPS) is 11.3. The lowest BCUT2D eigenvalue weighted by Crippen LogP contribution is -1.97. The molecule has 6 aromatic carbocycles. The van der Waals surface area contributed by atoms with Crippen LogP contribution >= 0.6 is 11.6 Å². The molecule has 8 aromatic rings. The standard InChI is InChI=1S/C39H24ClN3O/c40-39-42-37(27-15-8-3-9-16-27)41-38(43-39)33-17-10-18-34-36(33)32-20-19-28(24-35(32)44-34)31-22-29(25-11-4-1-5-12-25)21-30(23-31)26-13-6-2-7-14-26/h1-24H. The predicted octanol–water partition coefficient (Wildman–Crippen LogP) is 10.8. The summed E-state index contributed by atoms with van der Waals surface area (Å²) < 4.78 is 6.45. The molecule has 8 rings (SSSR count). The first-order valence-electron chi connectivity index (χ1n) is 14.4. The maximum Gasteiger partial charge on any atom is 0.226 e. The van der Waals surface area contributed by atoms with Crippen molar-refractivity contribution in [3.8, 4) is 56.2 Å². The second-order valence-corrected chi connectivity index (χ2v) is 11.0. The minimum atomic E-state index is 0.147. The lowest BCUT2D eigenvalue weighted by atomic mass is 9.93. The summed E-state index contributed by atoms with van der Waals surface area (Å²) >= 11 is 6.41. The molecule has 0 saturated heterocycles. The number of aromatic nitrogens is 3. The average molecular weight is 586 g/mol. The summed E-state index contributed by atoms with van der Waals surface area (Å²) in [4.78, 5) is 13.7. The van der Waals surface area contributed by atoms with E-state index in [1.165, 1.54) is 11.1 Å². The fourth-order valence-corrected chi connectivity index (χ4v) is 5.93. The van der Waals surface area contributed by atoms with E-state index in [0.717, 1.165) is 55.3 Å². The summed E-state index contributed by atoms with van der Waals surface area (Å²) in [6, 6.07) is 49.8. The molecule has 0 aliphatic rings. The second kappa shape index (κ2) is 10.9. The molecule has 0 bridgehead atoms. The number of fused-ring (bicyclic) bond motifs is 3. The first-order valence-corrected chi connectivity index (χ1v) is 14.8. The van der Waals surface area contributed by atoms with Gasteiger partial charge in [0.15, 0.2) is 11.6 Å². The predicted molar refractivity (Wildman–Crippen MR) is 179 cm³/mol.